The molecular weight excluding hydrogens is 234 g/mol. The number of hydrogen-bond donors (Lipinski definition) is 1. The largest absolute Gasteiger partial charge is 0.370 e. The lowest BCUT2D eigenvalue weighted by atomic mass is 9.92. The molecule has 1 aliphatic carbocycles. The molecule has 0 spiro atoms. The van der Waals surface area contributed by atoms with Crippen LogP contribution in [0.25, 0.3) is 0 Å². The standard InChI is InChI=1S/C16H23N3/c1-12(13-7-3-2-4-8-13)15-11-18-16(17)19(15)14-9-5-6-10-14/h2-4,7-8,12,14-15H,5-6,9-11H2,1H3,(H2,17,18). The molecule has 1 aliphatic heterocycles. The van der Waals surface area contributed by atoms with Crippen LogP contribution in [0.4, 0.5) is 0 Å². The first-order valence-corrected chi connectivity index (χ1v) is 7.40. The molecule has 0 bridgehead atoms. The highest BCUT2D eigenvalue weighted by atomic mass is 15.3. The molecule has 0 saturated heterocycles. The summed E-state index contributed by atoms with van der Waals surface area (Å²) in [7, 11) is 0. The van der Waals surface area contributed by atoms with Gasteiger partial charge in [0.1, 0.15) is 0 Å². The van der Waals surface area contributed by atoms with Crippen LogP contribution >= 0.6 is 0 Å². The molecular formula is C16H23N3. The molecule has 1 saturated carbocycles. The van der Waals surface area contributed by atoms with E-state index >= 15 is 0 Å². The van der Waals surface area contributed by atoms with Crippen molar-refractivity contribution in [2.45, 2.75) is 50.6 Å². The molecule has 19 heavy (non-hydrogen) atoms. The van der Waals surface area contributed by atoms with Gasteiger partial charge in [0.05, 0.1) is 12.6 Å². The molecule has 1 aromatic rings. The van der Waals surface area contributed by atoms with Crippen molar-refractivity contribution >= 4 is 5.96 Å². The predicted octanol–water partition coefficient (Wildman–Crippen LogP) is 2.73. The summed E-state index contributed by atoms with van der Waals surface area (Å²) in [6.07, 6.45) is 5.21. The second-order valence-corrected chi connectivity index (χ2v) is 5.81. The maximum Gasteiger partial charge on any atom is 0.191 e. The van der Waals surface area contributed by atoms with Gasteiger partial charge in [0, 0.05) is 12.0 Å². The highest BCUT2D eigenvalue weighted by Crippen LogP contribution is 2.32. The molecule has 1 fully saturated rings. The van der Waals surface area contributed by atoms with Crippen molar-refractivity contribution in [1.82, 2.24) is 4.90 Å². The number of aliphatic imine (C=N–C) groups is 1. The molecule has 2 unspecified atom stereocenters. The van der Waals surface area contributed by atoms with Crippen LogP contribution in [0.15, 0.2) is 35.3 Å². The molecule has 0 amide bonds. The van der Waals surface area contributed by atoms with Crippen molar-refractivity contribution in [3.8, 4) is 0 Å². The lowest BCUT2D eigenvalue weighted by Gasteiger charge is -2.35. The van der Waals surface area contributed by atoms with Crippen molar-refractivity contribution in [3.63, 3.8) is 0 Å². The van der Waals surface area contributed by atoms with Crippen LogP contribution in [0, 0.1) is 0 Å². The van der Waals surface area contributed by atoms with Gasteiger partial charge in [0.2, 0.25) is 0 Å². The number of guanidine groups is 1. The highest BCUT2D eigenvalue weighted by molar-refractivity contribution is 5.80. The molecule has 2 atom stereocenters. The van der Waals surface area contributed by atoms with Gasteiger partial charge in [-0.15, -0.1) is 0 Å². The topological polar surface area (TPSA) is 41.6 Å². The fraction of sp³-hybridized carbons (Fsp3) is 0.562. The van der Waals surface area contributed by atoms with Gasteiger partial charge < -0.3 is 10.6 Å². The zero-order valence-corrected chi connectivity index (χ0v) is 11.6. The van der Waals surface area contributed by atoms with E-state index in [-0.39, 0.29) is 0 Å². The quantitative estimate of drug-likeness (QED) is 0.904. The molecule has 102 valence electrons. The van der Waals surface area contributed by atoms with Gasteiger partial charge in [-0.2, -0.15) is 0 Å². The van der Waals surface area contributed by atoms with Crippen LogP contribution in [-0.2, 0) is 0 Å². The van der Waals surface area contributed by atoms with Gasteiger partial charge in [-0.25, -0.2) is 0 Å². The zero-order valence-electron chi connectivity index (χ0n) is 11.6. The minimum atomic E-state index is 0.436. The van der Waals surface area contributed by atoms with Crippen molar-refractivity contribution in [1.29, 1.82) is 0 Å². The van der Waals surface area contributed by atoms with Crippen LogP contribution in [0.5, 0.6) is 0 Å². The van der Waals surface area contributed by atoms with Crippen LogP contribution in [0.3, 0.4) is 0 Å². The van der Waals surface area contributed by atoms with Crippen molar-refractivity contribution in [2.24, 2.45) is 10.7 Å². The third-order valence-electron chi connectivity index (χ3n) is 4.68. The summed E-state index contributed by atoms with van der Waals surface area (Å²) in [5.41, 5.74) is 7.53. The first-order valence-electron chi connectivity index (χ1n) is 7.40. The van der Waals surface area contributed by atoms with Gasteiger partial charge in [-0.3, -0.25) is 4.99 Å². The SMILES string of the molecule is CC(c1ccccc1)C1CN=C(N)N1C1CCCC1. The minimum absolute atomic E-state index is 0.436. The van der Waals surface area contributed by atoms with Gasteiger partial charge in [-0.1, -0.05) is 50.1 Å². The Morgan fingerprint density at radius 1 is 1.21 bits per heavy atom. The molecule has 0 radical (unpaired) electrons. The van der Waals surface area contributed by atoms with E-state index in [1.807, 2.05) is 0 Å². The van der Waals surface area contributed by atoms with Crippen molar-refractivity contribution in [3.05, 3.63) is 35.9 Å². The first-order chi connectivity index (χ1) is 9.27. The predicted molar refractivity (Wildman–Crippen MR) is 79.2 cm³/mol. The molecule has 3 rings (SSSR count). The normalized spacial score (nSPS) is 25.6. The lowest BCUT2D eigenvalue weighted by Crippen LogP contribution is -2.48. The monoisotopic (exact) mass is 257 g/mol. The molecule has 1 aromatic carbocycles. The Balaban J connectivity index is 1.80. The van der Waals surface area contributed by atoms with E-state index in [0.717, 1.165) is 12.5 Å². The smallest absolute Gasteiger partial charge is 0.191 e. The zero-order chi connectivity index (χ0) is 13.2. The number of nitrogens with zero attached hydrogens (tertiary/aromatic N) is 2. The average Bonchev–Trinajstić information content (AvgIpc) is 3.08. The van der Waals surface area contributed by atoms with Gasteiger partial charge in [0.25, 0.3) is 0 Å². The summed E-state index contributed by atoms with van der Waals surface area (Å²) in [5, 5.41) is 0. The van der Waals surface area contributed by atoms with E-state index in [1.54, 1.807) is 0 Å². The molecule has 3 nitrogen and oxygen atoms in total. The van der Waals surface area contributed by atoms with E-state index in [9.17, 15) is 0 Å². The Kier molecular flexibility index (Phi) is 3.45. The van der Waals surface area contributed by atoms with Crippen molar-refractivity contribution in [2.75, 3.05) is 6.54 Å². The molecule has 3 heteroatoms. The van der Waals surface area contributed by atoms with Crippen molar-refractivity contribution < 1.29 is 0 Å². The Morgan fingerprint density at radius 3 is 2.58 bits per heavy atom. The number of rotatable bonds is 3. The van der Waals surface area contributed by atoms with E-state index in [0.29, 0.717) is 18.0 Å². The summed E-state index contributed by atoms with van der Waals surface area (Å²) in [5.74, 6) is 1.24. The van der Waals surface area contributed by atoms with E-state index < -0.39 is 0 Å². The van der Waals surface area contributed by atoms with E-state index in [2.05, 4.69) is 47.1 Å². The molecule has 2 N–H and O–H groups in total. The number of nitrogens with two attached hydrogens (primary N) is 1. The molecule has 1 heterocycles. The second kappa shape index (κ2) is 5.24. The molecule has 0 aromatic heterocycles. The summed E-state index contributed by atoms with van der Waals surface area (Å²) >= 11 is 0. The average molecular weight is 257 g/mol. The van der Waals surface area contributed by atoms with Crippen LogP contribution < -0.4 is 5.73 Å². The summed E-state index contributed by atoms with van der Waals surface area (Å²) < 4.78 is 0. The summed E-state index contributed by atoms with van der Waals surface area (Å²) in [6, 6.07) is 11.8. The fourth-order valence-corrected chi connectivity index (χ4v) is 3.54. The number of hydrogen-bond acceptors (Lipinski definition) is 3. The fourth-order valence-electron chi connectivity index (χ4n) is 3.54. The Morgan fingerprint density at radius 2 is 1.89 bits per heavy atom. The van der Waals surface area contributed by atoms with Gasteiger partial charge in [0.15, 0.2) is 5.96 Å². The Bertz CT molecular complexity index is 448. The first kappa shape index (κ1) is 12.5. The summed E-state index contributed by atoms with van der Waals surface area (Å²) in [6.45, 7) is 3.15. The number of benzene rings is 1. The van der Waals surface area contributed by atoms with Crippen LogP contribution in [0.1, 0.15) is 44.1 Å². The minimum Gasteiger partial charge on any atom is -0.370 e. The van der Waals surface area contributed by atoms with E-state index in [1.165, 1.54) is 31.2 Å². The summed E-state index contributed by atoms with van der Waals surface area (Å²) in [4.78, 5) is 6.92. The van der Waals surface area contributed by atoms with Gasteiger partial charge >= 0.3 is 0 Å². The molecule has 2 aliphatic rings. The third-order valence-corrected chi connectivity index (χ3v) is 4.68. The van der Waals surface area contributed by atoms with Crippen LogP contribution in [0.2, 0.25) is 0 Å². The Hall–Kier alpha value is -1.51. The van der Waals surface area contributed by atoms with Gasteiger partial charge in [-0.05, 0) is 18.4 Å². The van der Waals surface area contributed by atoms with E-state index in [4.69, 9.17) is 5.73 Å². The third kappa shape index (κ3) is 2.34. The maximum absolute atomic E-state index is 6.14. The maximum atomic E-state index is 6.14. The van der Waals surface area contributed by atoms with Crippen LogP contribution in [-0.4, -0.2) is 29.5 Å². The Labute approximate surface area is 115 Å². The lowest BCUT2D eigenvalue weighted by molar-refractivity contribution is 0.235. The highest BCUT2D eigenvalue weighted by Gasteiger charge is 2.36. The second-order valence-electron chi connectivity index (χ2n) is 5.81.